The third-order valence-electron chi connectivity index (χ3n) is 2.65. The zero-order chi connectivity index (χ0) is 11.3. The van der Waals surface area contributed by atoms with Gasteiger partial charge in [0.15, 0.2) is 0 Å². The Morgan fingerprint density at radius 1 is 1.33 bits per heavy atom. The van der Waals surface area contributed by atoms with E-state index in [1.165, 1.54) is 6.20 Å². The molecule has 2 N–H and O–H groups in total. The summed E-state index contributed by atoms with van der Waals surface area (Å²) >= 11 is 6.15. The lowest BCUT2D eigenvalue weighted by Gasteiger charge is -2.36. The van der Waals surface area contributed by atoms with Crippen molar-refractivity contribution in [1.29, 1.82) is 0 Å². The topological polar surface area (TPSA) is 32.5 Å². The molecule has 1 atom stereocenters. The highest BCUT2D eigenvalue weighted by Gasteiger charge is 2.18. The molecule has 1 aliphatic rings. The number of rotatable bonds is 3. The Labute approximate surface area is 97.2 Å². The van der Waals surface area contributed by atoms with Gasteiger partial charge in [-0.3, -0.25) is 0 Å². The highest BCUT2D eigenvalue weighted by Crippen LogP contribution is 2.16. The molecule has 1 aliphatic heterocycles. The largest absolute Gasteiger partial charge is 0.405 e. The van der Waals surface area contributed by atoms with Crippen LogP contribution < -0.4 is 5.73 Å². The fourth-order valence-corrected chi connectivity index (χ4v) is 1.92. The van der Waals surface area contributed by atoms with Gasteiger partial charge in [0.2, 0.25) is 0 Å². The maximum absolute atomic E-state index is 6.15. The fraction of sp³-hybridized carbons (Fsp3) is 0.636. The van der Waals surface area contributed by atoms with Crippen molar-refractivity contribution in [3.05, 3.63) is 24.0 Å². The van der Waals surface area contributed by atoms with Gasteiger partial charge in [0, 0.05) is 31.9 Å². The molecular weight excluding hydrogens is 210 g/mol. The summed E-state index contributed by atoms with van der Waals surface area (Å²) in [5.41, 5.74) is 6.49. The van der Waals surface area contributed by atoms with Crippen molar-refractivity contribution in [3.63, 3.8) is 0 Å². The van der Waals surface area contributed by atoms with Crippen molar-refractivity contribution >= 4 is 11.6 Å². The van der Waals surface area contributed by atoms with E-state index in [9.17, 15) is 0 Å². The van der Waals surface area contributed by atoms with Gasteiger partial charge in [-0.15, -0.1) is 11.6 Å². The summed E-state index contributed by atoms with van der Waals surface area (Å²) in [6.07, 6.45) is 5.38. The predicted molar refractivity (Wildman–Crippen MR) is 65.8 cm³/mol. The van der Waals surface area contributed by atoms with Crippen LogP contribution in [0.15, 0.2) is 24.0 Å². The second kappa shape index (κ2) is 6.03. The quantitative estimate of drug-likeness (QED) is 0.584. The molecule has 0 aromatic rings. The SMILES string of the molecule is CC(Cl)/C(=C\C=C\N)N1CCN(C)CC1. The molecule has 0 radical (unpaired) electrons. The Bertz CT molecular complexity index is 240. The van der Waals surface area contributed by atoms with Crippen LogP contribution in [0.1, 0.15) is 6.92 Å². The van der Waals surface area contributed by atoms with Crippen LogP contribution in [0.2, 0.25) is 0 Å². The first-order valence-electron chi connectivity index (χ1n) is 5.31. The Hall–Kier alpha value is -0.670. The van der Waals surface area contributed by atoms with Crippen LogP contribution in [-0.4, -0.2) is 48.4 Å². The number of nitrogens with zero attached hydrogens (tertiary/aromatic N) is 2. The first-order valence-corrected chi connectivity index (χ1v) is 5.75. The van der Waals surface area contributed by atoms with E-state index >= 15 is 0 Å². The molecule has 1 saturated heterocycles. The molecule has 0 spiro atoms. The van der Waals surface area contributed by atoms with Crippen molar-refractivity contribution < 1.29 is 0 Å². The van der Waals surface area contributed by atoms with Crippen LogP contribution in [0, 0.1) is 0 Å². The van der Waals surface area contributed by atoms with Gasteiger partial charge in [0.05, 0.1) is 5.38 Å². The summed E-state index contributed by atoms with van der Waals surface area (Å²) in [4.78, 5) is 4.66. The van der Waals surface area contributed by atoms with Gasteiger partial charge in [-0.2, -0.15) is 0 Å². The minimum Gasteiger partial charge on any atom is -0.405 e. The van der Waals surface area contributed by atoms with Crippen LogP contribution in [-0.2, 0) is 0 Å². The monoisotopic (exact) mass is 229 g/mol. The molecule has 1 fully saturated rings. The Morgan fingerprint density at radius 2 is 1.93 bits per heavy atom. The summed E-state index contributed by atoms with van der Waals surface area (Å²) in [5.74, 6) is 0. The first kappa shape index (κ1) is 12.4. The van der Waals surface area contributed by atoms with Crippen LogP contribution in [0.5, 0.6) is 0 Å². The number of nitrogens with two attached hydrogens (primary N) is 1. The van der Waals surface area contributed by atoms with Gasteiger partial charge in [-0.25, -0.2) is 0 Å². The van der Waals surface area contributed by atoms with Gasteiger partial charge >= 0.3 is 0 Å². The van der Waals surface area contributed by atoms with E-state index < -0.39 is 0 Å². The normalized spacial score (nSPS) is 22.3. The zero-order valence-corrected chi connectivity index (χ0v) is 10.2. The number of likely N-dealkylation sites (N-methyl/N-ethyl adjacent to an activating group) is 1. The van der Waals surface area contributed by atoms with E-state index in [4.69, 9.17) is 17.3 Å². The summed E-state index contributed by atoms with van der Waals surface area (Å²) in [6.45, 7) is 6.26. The van der Waals surface area contributed by atoms with E-state index in [1.807, 2.05) is 19.1 Å². The predicted octanol–water partition coefficient (Wildman–Crippen LogP) is 1.22. The molecule has 15 heavy (non-hydrogen) atoms. The minimum atomic E-state index is 0.0320. The summed E-state index contributed by atoms with van der Waals surface area (Å²) in [7, 11) is 2.14. The number of halogens is 1. The van der Waals surface area contributed by atoms with Crippen LogP contribution in [0.25, 0.3) is 0 Å². The molecule has 0 saturated carbocycles. The van der Waals surface area contributed by atoms with Crippen molar-refractivity contribution in [1.82, 2.24) is 9.80 Å². The van der Waals surface area contributed by atoms with E-state index in [2.05, 4.69) is 16.8 Å². The zero-order valence-electron chi connectivity index (χ0n) is 9.49. The van der Waals surface area contributed by atoms with Crippen molar-refractivity contribution in [2.24, 2.45) is 5.73 Å². The van der Waals surface area contributed by atoms with Crippen molar-refractivity contribution in [3.8, 4) is 0 Å². The molecule has 0 aliphatic carbocycles. The number of piperazine rings is 1. The molecule has 0 bridgehead atoms. The van der Waals surface area contributed by atoms with Crippen molar-refractivity contribution in [2.45, 2.75) is 12.3 Å². The number of allylic oxidation sites excluding steroid dienone is 3. The van der Waals surface area contributed by atoms with E-state index in [0.717, 1.165) is 31.9 Å². The fourth-order valence-electron chi connectivity index (χ4n) is 1.71. The molecule has 0 amide bonds. The average Bonchev–Trinajstić information content (AvgIpc) is 2.21. The number of alkyl halides is 1. The second-order valence-electron chi connectivity index (χ2n) is 3.88. The highest BCUT2D eigenvalue weighted by molar-refractivity contribution is 6.22. The van der Waals surface area contributed by atoms with Crippen LogP contribution in [0.3, 0.4) is 0 Å². The van der Waals surface area contributed by atoms with E-state index in [1.54, 1.807) is 0 Å². The van der Waals surface area contributed by atoms with Gasteiger partial charge in [-0.05, 0) is 32.3 Å². The van der Waals surface area contributed by atoms with E-state index in [-0.39, 0.29) is 5.38 Å². The van der Waals surface area contributed by atoms with Gasteiger partial charge in [0.1, 0.15) is 0 Å². The molecule has 1 unspecified atom stereocenters. The lowest BCUT2D eigenvalue weighted by atomic mass is 10.2. The molecule has 1 heterocycles. The Morgan fingerprint density at radius 3 is 2.40 bits per heavy atom. The smallest absolute Gasteiger partial charge is 0.0705 e. The molecule has 86 valence electrons. The standard InChI is InChI=1S/C11H20ClN3/c1-10(12)11(4-3-5-13)15-8-6-14(2)7-9-15/h3-5,10H,6-9,13H2,1-2H3/b5-3+,11-4+. The summed E-state index contributed by atoms with van der Waals surface area (Å²) in [5, 5.41) is 0.0320. The van der Waals surface area contributed by atoms with Crippen LogP contribution in [0.4, 0.5) is 0 Å². The summed E-state index contributed by atoms with van der Waals surface area (Å²) < 4.78 is 0. The molecule has 3 nitrogen and oxygen atoms in total. The molecule has 0 aromatic carbocycles. The third kappa shape index (κ3) is 3.76. The van der Waals surface area contributed by atoms with Gasteiger partial charge in [0.25, 0.3) is 0 Å². The van der Waals surface area contributed by atoms with Gasteiger partial charge < -0.3 is 15.5 Å². The minimum absolute atomic E-state index is 0.0320. The maximum Gasteiger partial charge on any atom is 0.0705 e. The maximum atomic E-state index is 6.15. The first-order chi connectivity index (χ1) is 7.15. The molecular formula is C11H20ClN3. The lowest BCUT2D eigenvalue weighted by Crippen LogP contribution is -2.44. The third-order valence-corrected chi connectivity index (χ3v) is 2.88. The molecule has 1 rings (SSSR count). The summed E-state index contributed by atoms with van der Waals surface area (Å²) in [6, 6.07) is 0. The molecule has 4 heteroatoms. The van der Waals surface area contributed by atoms with E-state index in [0.29, 0.717) is 0 Å². The Balaban J connectivity index is 2.64. The van der Waals surface area contributed by atoms with Crippen LogP contribution >= 0.6 is 11.6 Å². The van der Waals surface area contributed by atoms with Gasteiger partial charge in [-0.1, -0.05) is 0 Å². The average molecular weight is 230 g/mol. The Kier molecular flexibility index (Phi) is 4.99. The number of hydrogen-bond donors (Lipinski definition) is 1. The molecule has 0 aromatic heterocycles. The van der Waals surface area contributed by atoms with Crippen molar-refractivity contribution in [2.75, 3.05) is 33.2 Å². The second-order valence-corrected chi connectivity index (χ2v) is 4.54. The lowest BCUT2D eigenvalue weighted by molar-refractivity contribution is 0.184. The number of hydrogen-bond acceptors (Lipinski definition) is 3. The highest BCUT2D eigenvalue weighted by atomic mass is 35.5.